The predicted octanol–water partition coefficient (Wildman–Crippen LogP) is 5.39. The molecule has 0 bridgehead atoms. The second kappa shape index (κ2) is 8.35. The van der Waals surface area contributed by atoms with E-state index in [9.17, 15) is 9.59 Å². The van der Waals surface area contributed by atoms with E-state index < -0.39 is 0 Å². The van der Waals surface area contributed by atoms with Crippen molar-refractivity contribution >= 4 is 28.8 Å². The molecule has 0 aliphatic carbocycles. The zero-order valence-electron chi connectivity index (χ0n) is 18.7. The summed E-state index contributed by atoms with van der Waals surface area (Å²) in [4.78, 5) is 28.2. The molecule has 1 N–H and O–H groups in total. The quantitative estimate of drug-likeness (QED) is 0.556. The largest absolute Gasteiger partial charge is 0.497 e. The fourth-order valence-electron chi connectivity index (χ4n) is 3.68. The molecule has 0 spiro atoms. The maximum absolute atomic E-state index is 13.5. The predicted molar refractivity (Wildman–Crippen MR) is 128 cm³/mol. The molecule has 3 aromatic rings. The number of nitrogens with zero attached hydrogens (tertiary/aromatic N) is 1. The number of imide groups is 1. The molecular formula is C27H26N2O3. The molecule has 4 rings (SSSR count). The molecule has 162 valence electrons. The number of ether oxygens (including phenoxy) is 1. The number of methoxy groups -OCH3 is 1. The normalized spacial score (nSPS) is 14.2. The molecule has 2 amide bonds. The average Bonchev–Trinajstić information content (AvgIpc) is 3.03. The number of carbonyl (C=O) groups is 2. The lowest BCUT2D eigenvalue weighted by Gasteiger charge is -2.21. The average molecular weight is 427 g/mol. The van der Waals surface area contributed by atoms with Crippen LogP contribution < -0.4 is 15.0 Å². The number of carbonyl (C=O) groups excluding carboxylic acids is 2. The molecule has 5 nitrogen and oxygen atoms in total. The van der Waals surface area contributed by atoms with E-state index in [0.717, 1.165) is 11.3 Å². The van der Waals surface area contributed by atoms with Gasteiger partial charge in [-0.05, 0) is 52.9 Å². The van der Waals surface area contributed by atoms with Crippen LogP contribution in [0.15, 0.2) is 84.6 Å². The Hall–Kier alpha value is -3.86. The molecule has 3 aromatic carbocycles. The third-order valence-electron chi connectivity index (χ3n) is 5.50. The Morgan fingerprint density at radius 2 is 1.41 bits per heavy atom. The summed E-state index contributed by atoms with van der Waals surface area (Å²) in [6, 6.07) is 24.1. The smallest absolute Gasteiger partial charge is 0.282 e. The summed E-state index contributed by atoms with van der Waals surface area (Å²) in [5, 5.41) is 3.17. The Bertz CT molecular complexity index is 1170. The fraction of sp³-hybridized carbons (Fsp3) is 0.185. The van der Waals surface area contributed by atoms with Crippen LogP contribution in [-0.4, -0.2) is 18.9 Å². The van der Waals surface area contributed by atoms with E-state index in [2.05, 4.69) is 26.1 Å². The number of hydrogen-bond donors (Lipinski definition) is 1. The van der Waals surface area contributed by atoms with Gasteiger partial charge in [0.15, 0.2) is 0 Å². The zero-order valence-corrected chi connectivity index (χ0v) is 18.7. The molecule has 0 radical (unpaired) electrons. The van der Waals surface area contributed by atoms with Crippen LogP contribution in [0, 0.1) is 0 Å². The minimum Gasteiger partial charge on any atom is -0.497 e. The van der Waals surface area contributed by atoms with Crippen molar-refractivity contribution in [2.24, 2.45) is 0 Å². The Morgan fingerprint density at radius 3 is 1.97 bits per heavy atom. The van der Waals surface area contributed by atoms with Crippen LogP contribution in [-0.2, 0) is 15.0 Å². The summed E-state index contributed by atoms with van der Waals surface area (Å²) in [6.45, 7) is 6.37. The molecule has 5 heteroatoms. The van der Waals surface area contributed by atoms with Crippen LogP contribution in [0.3, 0.4) is 0 Å². The molecule has 0 saturated heterocycles. The third-order valence-corrected chi connectivity index (χ3v) is 5.50. The van der Waals surface area contributed by atoms with E-state index in [1.807, 2.05) is 54.6 Å². The highest BCUT2D eigenvalue weighted by atomic mass is 16.5. The van der Waals surface area contributed by atoms with Gasteiger partial charge in [-0.1, -0.05) is 63.2 Å². The molecule has 1 heterocycles. The van der Waals surface area contributed by atoms with Crippen molar-refractivity contribution in [2.45, 2.75) is 26.2 Å². The molecule has 0 atom stereocenters. The van der Waals surface area contributed by atoms with Gasteiger partial charge in [0.05, 0.1) is 18.4 Å². The molecular weight excluding hydrogens is 400 g/mol. The summed E-state index contributed by atoms with van der Waals surface area (Å²) in [5.41, 5.74) is 3.63. The topological polar surface area (TPSA) is 58.6 Å². The summed E-state index contributed by atoms with van der Waals surface area (Å²) < 4.78 is 5.24. The Morgan fingerprint density at radius 1 is 0.781 bits per heavy atom. The van der Waals surface area contributed by atoms with Gasteiger partial charge in [-0.3, -0.25) is 9.59 Å². The van der Waals surface area contributed by atoms with Crippen LogP contribution in [0.2, 0.25) is 0 Å². The van der Waals surface area contributed by atoms with Crippen molar-refractivity contribution in [2.75, 3.05) is 17.3 Å². The first kappa shape index (κ1) is 21.4. The standard InChI is InChI=1S/C27H26N2O3/c1-27(2,3)19-12-14-21(15-13-19)29-25(30)23(18-10-16-22(32-4)17-11-18)24(26(29)31)28-20-8-6-5-7-9-20/h5-17,28H,1-4H3. The van der Waals surface area contributed by atoms with Crippen molar-refractivity contribution in [1.29, 1.82) is 0 Å². The van der Waals surface area contributed by atoms with Gasteiger partial charge in [-0.15, -0.1) is 0 Å². The number of anilines is 2. The number of para-hydroxylation sites is 1. The van der Waals surface area contributed by atoms with Crippen LogP contribution in [0.25, 0.3) is 5.57 Å². The number of hydrogen-bond acceptors (Lipinski definition) is 4. The lowest BCUT2D eigenvalue weighted by molar-refractivity contribution is -0.120. The second-order valence-electron chi connectivity index (χ2n) is 8.71. The van der Waals surface area contributed by atoms with E-state index in [1.165, 1.54) is 4.90 Å². The van der Waals surface area contributed by atoms with Gasteiger partial charge >= 0.3 is 0 Å². The van der Waals surface area contributed by atoms with Gasteiger partial charge in [0.2, 0.25) is 0 Å². The Balaban J connectivity index is 1.77. The van der Waals surface area contributed by atoms with Gasteiger partial charge in [0, 0.05) is 5.69 Å². The van der Waals surface area contributed by atoms with Gasteiger partial charge in [-0.2, -0.15) is 0 Å². The van der Waals surface area contributed by atoms with Crippen LogP contribution >= 0.6 is 0 Å². The van der Waals surface area contributed by atoms with Crippen molar-refractivity contribution < 1.29 is 14.3 Å². The molecule has 1 aliphatic heterocycles. The molecule has 0 fully saturated rings. The Kier molecular flexibility index (Phi) is 5.57. The highest BCUT2D eigenvalue weighted by molar-refractivity contribution is 6.46. The zero-order chi connectivity index (χ0) is 22.9. The van der Waals surface area contributed by atoms with Gasteiger partial charge in [-0.25, -0.2) is 4.90 Å². The van der Waals surface area contributed by atoms with Crippen molar-refractivity contribution in [3.63, 3.8) is 0 Å². The first-order valence-corrected chi connectivity index (χ1v) is 10.5. The first-order chi connectivity index (χ1) is 15.3. The lowest BCUT2D eigenvalue weighted by atomic mass is 9.87. The van der Waals surface area contributed by atoms with Crippen molar-refractivity contribution in [3.05, 3.63) is 95.7 Å². The minimum atomic E-state index is -0.381. The highest BCUT2D eigenvalue weighted by Gasteiger charge is 2.40. The summed E-state index contributed by atoms with van der Waals surface area (Å²) in [5.74, 6) is -0.0615. The Labute approximate surface area is 188 Å². The van der Waals surface area contributed by atoms with Crippen LogP contribution in [0.1, 0.15) is 31.9 Å². The fourth-order valence-corrected chi connectivity index (χ4v) is 3.68. The molecule has 0 aromatic heterocycles. The van der Waals surface area contributed by atoms with E-state index in [4.69, 9.17) is 4.74 Å². The van der Waals surface area contributed by atoms with E-state index in [1.54, 1.807) is 31.4 Å². The van der Waals surface area contributed by atoms with Crippen LogP contribution in [0.5, 0.6) is 5.75 Å². The minimum absolute atomic E-state index is 0.0237. The monoisotopic (exact) mass is 426 g/mol. The molecule has 32 heavy (non-hydrogen) atoms. The van der Waals surface area contributed by atoms with E-state index in [0.29, 0.717) is 22.6 Å². The van der Waals surface area contributed by atoms with Crippen molar-refractivity contribution in [3.8, 4) is 5.75 Å². The SMILES string of the molecule is COc1ccc(C2=C(Nc3ccccc3)C(=O)N(c3ccc(C(C)(C)C)cc3)C2=O)cc1. The van der Waals surface area contributed by atoms with Gasteiger partial charge in [0.1, 0.15) is 11.4 Å². The molecule has 1 aliphatic rings. The van der Waals surface area contributed by atoms with Crippen molar-refractivity contribution in [1.82, 2.24) is 0 Å². The summed E-state index contributed by atoms with van der Waals surface area (Å²) >= 11 is 0. The number of rotatable bonds is 5. The summed E-state index contributed by atoms with van der Waals surface area (Å²) in [6.07, 6.45) is 0. The van der Waals surface area contributed by atoms with E-state index >= 15 is 0 Å². The maximum atomic E-state index is 13.5. The van der Waals surface area contributed by atoms with E-state index in [-0.39, 0.29) is 22.9 Å². The lowest BCUT2D eigenvalue weighted by Crippen LogP contribution is -2.32. The second-order valence-corrected chi connectivity index (χ2v) is 8.71. The van der Waals surface area contributed by atoms with Crippen LogP contribution in [0.4, 0.5) is 11.4 Å². The molecule has 0 saturated carbocycles. The number of amides is 2. The first-order valence-electron chi connectivity index (χ1n) is 10.5. The molecule has 0 unspecified atom stereocenters. The van der Waals surface area contributed by atoms with Gasteiger partial charge in [0.25, 0.3) is 11.8 Å². The third kappa shape index (κ3) is 4.02. The van der Waals surface area contributed by atoms with Gasteiger partial charge < -0.3 is 10.1 Å². The number of nitrogens with one attached hydrogen (secondary N) is 1. The number of benzene rings is 3. The summed E-state index contributed by atoms with van der Waals surface area (Å²) in [7, 11) is 1.59. The maximum Gasteiger partial charge on any atom is 0.282 e. The highest BCUT2D eigenvalue weighted by Crippen LogP contribution is 2.35.